The molecule has 0 aliphatic heterocycles. The molecule has 0 bridgehead atoms. The summed E-state index contributed by atoms with van der Waals surface area (Å²) in [5, 5.41) is 1.32. The second-order valence-electron chi connectivity index (χ2n) is 6.26. The lowest BCUT2D eigenvalue weighted by Crippen LogP contribution is -2.47. The molecule has 0 spiro atoms. The first-order chi connectivity index (χ1) is 13.3. The maximum Gasteiger partial charge on any atom is 0.524 e. The number of rotatable bonds is 4. The van der Waals surface area contributed by atoms with Crippen LogP contribution < -0.4 is 5.73 Å². The standard InChI is InChI=1S/C20H14F3N3O2/c21-20(22,23)28-19(18(24)27,13-4-2-1-3-5-13)14-7-8-15-12(10-14)6-9-16-17(15)26-11-25-16/h1-11H,(H2,24,27)(H,25,26). The number of ether oxygens (including phenoxy) is 1. The van der Waals surface area contributed by atoms with Crippen molar-refractivity contribution in [3.8, 4) is 0 Å². The van der Waals surface area contributed by atoms with Gasteiger partial charge in [-0.25, -0.2) is 4.98 Å². The van der Waals surface area contributed by atoms with Gasteiger partial charge in [0.05, 0.1) is 17.4 Å². The minimum atomic E-state index is -5.09. The highest BCUT2D eigenvalue weighted by molar-refractivity contribution is 6.04. The number of nitrogens with one attached hydrogen (secondary N) is 1. The first kappa shape index (κ1) is 18.0. The Hall–Kier alpha value is -3.39. The number of primary amides is 1. The average Bonchev–Trinajstić information content (AvgIpc) is 3.14. The number of fused-ring (bicyclic) bond motifs is 3. The van der Waals surface area contributed by atoms with E-state index in [-0.39, 0.29) is 11.1 Å². The first-order valence-corrected chi connectivity index (χ1v) is 8.30. The normalized spacial score (nSPS) is 14.2. The van der Waals surface area contributed by atoms with E-state index in [0.717, 1.165) is 10.9 Å². The number of amides is 1. The third-order valence-corrected chi connectivity index (χ3v) is 4.61. The van der Waals surface area contributed by atoms with E-state index in [1.54, 1.807) is 24.3 Å². The van der Waals surface area contributed by atoms with Gasteiger partial charge in [0.1, 0.15) is 0 Å². The molecule has 3 aromatic carbocycles. The van der Waals surface area contributed by atoms with Gasteiger partial charge in [-0.2, -0.15) is 0 Å². The Labute approximate surface area is 156 Å². The van der Waals surface area contributed by atoms with E-state index in [2.05, 4.69) is 14.7 Å². The minimum Gasteiger partial charge on any atom is -0.367 e. The molecule has 0 saturated heterocycles. The number of hydrogen-bond acceptors (Lipinski definition) is 3. The van der Waals surface area contributed by atoms with E-state index in [0.29, 0.717) is 10.9 Å². The highest BCUT2D eigenvalue weighted by Gasteiger charge is 2.50. The number of H-pyrrole nitrogens is 1. The molecule has 0 aliphatic rings. The van der Waals surface area contributed by atoms with E-state index < -0.39 is 17.9 Å². The van der Waals surface area contributed by atoms with Gasteiger partial charge in [0.2, 0.25) is 5.60 Å². The third-order valence-electron chi connectivity index (χ3n) is 4.61. The number of alkyl halides is 3. The number of carbonyl (C=O) groups is 1. The van der Waals surface area contributed by atoms with Crippen LogP contribution in [0.2, 0.25) is 0 Å². The summed E-state index contributed by atoms with van der Waals surface area (Å²) in [5.41, 5.74) is 4.38. The predicted molar refractivity (Wildman–Crippen MR) is 97.2 cm³/mol. The molecular formula is C20H14F3N3O2. The molecule has 142 valence electrons. The predicted octanol–water partition coefficient (Wildman–Crippen LogP) is 3.98. The van der Waals surface area contributed by atoms with Crippen molar-refractivity contribution >= 4 is 27.7 Å². The zero-order chi connectivity index (χ0) is 19.9. The Morgan fingerprint density at radius 1 is 1.00 bits per heavy atom. The van der Waals surface area contributed by atoms with Crippen molar-refractivity contribution in [2.45, 2.75) is 12.0 Å². The van der Waals surface area contributed by atoms with Crippen molar-refractivity contribution in [2.75, 3.05) is 0 Å². The van der Waals surface area contributed by atoms with Crippen LogP contribution in [0.5, 0.6) is 0 Å². The molecule has 1 heterocycles. The van der Waals surface area contributed by atoms with Crippen molar-refractivity contribution < 1.29 is 22.7 Å². The number of imidazole rings is 1. The molecule has 1 atom stereocenters. The first-order valence-electron chi connectivity index (χ1n) is 8.30. The summed E-state index contributed by atoms with van der Waals surface area (Å²) < 4.78 is 44.3. The van der Waals surface area contributed by atoms with Crippen molar-refractivity contribution in [1.29, 1.82) is 0 Å². The lowest BCUT2D eigenvalue weighted by atomic mass is 9.84. The molecule has 4 rings (SSSR count). The highest BCUT2D eigenvalue weighted by atomic mass is 19.4. The summed E-state index contributed by atoms with van der Waals surface area (Å²) in [5.74, 6) is -1.27. The Morgan fingerprint density at radius 3 is 2.43 bits per heavy atom. The minimum absolute atomic E-state index is 0.0139. The smallest absolute Gasteiger partial charge is 0.367 e. The van der Waals surface area contributed by atoms with Crippen LogP contribution in [-0.4, -0.2) is 22.2 Å². The quantitative estimate of drug-likeness (QED) is 0.558. The lowest BCUT2D eigenvalue weighted by molar-refractivity contribution is -0.355. The fourth-order valence-corrected chi connectivity index (χ4v) is 3.42. The molecule has 0 aliphatic carbocycles. The molecular weight excluding hydrogens is 371 g/mol. The fourth-order valence-electron chi connectivity index (χ4n) is 3.42. The van der Waals surface area contributed by atoms with Crippen LogP contribution in [0.3, 0.4) is 0 Å². The Morgan fingerprint density at radius 2 is 1.75 bits per heavy atom. The van der Waals surface area contributed by atoms with E-state index in [4.69, 9.17) is 5.73 Å². The van der Waals surface area contributed by atoms with E-state index in [1.807, 2.05) is 0 Å². The number of carbonyl (C=O) groups excluding carboxylic acids is 1. The molecule has 1 aromatic heterocycles. The SMILES string of the molecule is NC(=O)C(OC(F)(F)F)(c1ccccc1)c1ccc2c(ccc3[nH]cnc32)c1. The Kier molecular flexibility index (Phi) is 4.08. The van der Waals surface area contributed by atoms with Crippen LogP contribution in [0.4, 0.5) is 13.2 Å². The zero-order valence-corrected chi connectivity index (χ0v) is 14.3. The number of benzene rings is 3. The van der Waals surface area contributed by atoms with Gasteiger partial charge in [-0.1, -0.05) is 48.5 Å². The summed E-state index contributed by atoms with van der Waals surface area (Å²) in [4.78, 5) is 19.6. The number of aromatic amines is 1. The average molecular weight is 385 g/mol. The van der Waals surface area contributed by atoms with Crippen LogP contribution in [-0.2, 0) is 15.1 Å². The maximum atomic E-state index is 13.3. The second kappa shape index (κ2) is 6.35. The second-order valence-corrected chi connectivity index (χ2v) is 6.26. The molecule has 8 heteroatoms. The largest absolute Gasteiger partial charge is 0.524 e. The number of nitrogens with zero attached hydrogens (tertiary/aromatic N) is 1. The van der Waals surface area contributed by atoms with Crippen molar-refractivity contribution in [3.05, 3.63) is 78.1 Å². The van der Waals surface area contributed by atoms with Crippen LogP contribution >= 0.6 is 0 Å². The lowest BCUT2D eigenvalue weighted by Gasteiger charge is -2.32. The molecule has 3 N–H and O–H groups in total. The summed E-state index contributed by atoms with van der Waals surface area (Å²) in [7, 11) is 0. The molecule has 1 amide bonds. The van der Waals surface area contributed by atoms with Gasteiger partial charge >= 0.3 is 6.36 Å². The molecule has 0 saturated carbocycles. The summed E-state index contributed by atoms with van der Waals surface area (Å²) in [6.45, 7) is 0. The van der Waals surface area contributed by atoms with Crippen molar-refractivity contribution in [2.24, 2.45) is 5.73 Å². The van der Waals surface area contributed by atoms with E-state index in [1.165, 1.54) is 42.7 Å². The van der Waals surface area contributed by atoms with Crippen molar-refractivity contribution in [1.82, 2.24) is 9.97 Å². The molecule has 4 aromatic rings. The van der Waals surface area contributed by atoms with Gasteiger partial charge in [-0.3, -0.25) is 9.53 Å². The summed E-state index contributed by atoms with van der Waals surface area (Å²) >= 11 is 0. The van der Waals surface area contributed by atoms with Gasteiger partial charge in [-0.05, 0) is 28.6 Å². The Balaban J connectivity index is 2.00. The fraction of sp³-hybridized carbons (Fsp3) is 0.100. The van der Waals surface area contributed by atoms with E-state index in [9.17, 15) is 18.0 Å². The molecule has 0 fully saturated rings. The van der Waals surface area contributed by atoms with Gasteiger partial charge in [-0.15, -0.1) is 13.2 Å². The van der Waals surface area contributed by atoms with E-state index >= 15 is 0 Å². The topological polar surface area (TPSA) is 81.0 Å². The molecule has 28 heavy (non-hydrogen) atoms. The number of hydrogen-bond donors (Lipinski definition) is 2. The third kappa shape index (κ3) is 2.87. The monoisotopic (exact) mass is 385 g/mol. The Bertz CT molecular complexity index is 1170. The number of halogens is 3. The van der Waals surface area contributed by atoms with Crippen LogP contribution in [0.1, 0.15) is 11.1 Å². The highest BCUT2D eigenvalue weighted by Crippen LogP contribution is 2.40. The molecule has 1 unspecified atom stereocenters. The van der Waals surface area contributed by atoms with Crippen LogP contribution in [0, 0.1) is 0 Å². The van der Waals surface area contributed by atoms with Crippen molar-refractivity contribution in [3.63, 3.8) is 0 Å². The van der Waals surface area contributed by atoms with Crippen LogP contribution in [0.25, 0.3) is 21.8 Å². The molecule has 5 nitrogen and oxygen atoms in total. The number of nitrogens with two attached hydrogens (primary N) is 1. The summed E-state index contributed by atoms with van der Waals surface area (Å²) in [6.07, 6.45) is -3.56. The maximum absolute atomic E-state index is 13.3. The van der Waals surface area contributed by atoms with Gasteiger partial charge < -0.3 is 10.7 Å². The van der Waals surface area contributed by atoms with Gasteiger partial charge in [0.25, 0.3) is 5.91 Å². The summed E-state index contributed by atoms with van der Waals surface area (Å²) in [6, 6.07) is 15.4. The number of aromatic nitrogens is 2. The van der Waals surface area contributed by atoms with Gasteiger partial charge in [0, 0.05) is 5.39 Å². The molecule has 0 radical (unpaired) electrons. The zero-order valence-electron chi connectivity index (χ0n) is 14.3. The van der Waals surface area contributed by atoms with Gasteiger partial charge in [0.15, 0.2) is 0 Å². The van der Waals surface area contributed by atoms with Crippen LogP contribution in [0.15, 0.2) is 67.0 Å².